The molecule has 2 aliphatic carbocycles. The molecule has 0 bridgehead atoms. The molecule has 3 aliphatic rings. The molecule has 0 N–H and O–H groups in total. The first-order valence-electron chi connectivity index (χ1n) is 29.4. The van der Waals surface area contributed by atoms with Gasteiger partial charge >= 0.3 is 13.3 Å². The Bertz CT molecular complexity index is 2930. The zero-order valence-corrected chi connectivity index (χ0v) is 50.1. The van der Waals surface area contributed by atoms with Crippen molar-refractivity contribution in [1.82, 2.24) is 4.98 Å². The van der Waals surface area contributed by atoms with Crippen LogP contribution in [0.4, 0.5) is 0 Å². The predicted molar refractivity (Wildman–Crippen MR) is 322 cm³/mol. The number of nitrogens with zero attached hydrogens (tertiary/aromatic N) is 1. The number of benzene rings is 4. The molecule has 5 nitrogen and oxygen atoms in total. The summed E-state index contributed by atoms with van der Waals surface area (Å²) < 4.78 is 12.7. The molecule has 0 radical (unpaired) electrons. The molecule has 3 fully saturated rings. The Morgan fingerprint density at radius 1 is 0.519 bits per heavy atom. The van der Waals surface area contributed by atoms with Crippen LogP contribution in [0, 0.1) is 62.2 Å². The van der Waals surface area contributed by atoms with Gasteiger partial charge in [0.1, 0.15) is 0 Å². The van der Waals surface area contributed by atoms with E-state index in [1.807, 2.05) is 6.20 Å². The SMILES string of the molecule is CCC(CC)(c1ccc(C#CC2(C)CCCCC2)c(C)c1)c1ccc(B2OC(C)(C)C(C)(C)O2)c(C)c1.CCCc1ccc(-c2ccc(C(CC)(CC)c3ccc(C#CC4(C)CCCCC4)c(C)c3)cc2C)nc1.O=C=O. The number of pyridine rings is 1. The molecule has 2 saturated carbocycles. The van der Waals surface area contributed by atoms with Crippen LogP contribution >= 0.6 is 0 Å². The maximum atomic E-state index is 8.12. The number of carbonyl (C=O) groups excluding carboxylic acids is 2. The highest BCUT2D eigenvalue weighted by Gasteiger charge is 2.52. The molecule has 6 heteroatoms. The van der Waals surface area contributed by atoms with Crippen LogP contribution in [0.25, 0.3) is 11.3 Å². The van der Waals surface area contributed by atoms with E-state index < -0.39 is 0 Å². The number of hydrogen-bond donors (Lipinski definition) is 0. The van der Waals surface area contributed by atoms with Crippen molar-refractivity contribution in [2.45, 2.75) is 229 Å². The molecule has 0 unspecified atom stereocenters. The van der Waals surface area contributed by atoms with Gasteiger partial charge in [-0.1, -0.05) is 176 Å². The molecule has 5 aromatic rings. The van der Waals surface area contributed by atoms with Crippen molar-refractivity contribution in [1.29, 1.82) is 0 Å². The quantitative estimate of drug-likeness (QED) is 0.0920. The van der Waals surface area contributed by atoms with Gasteiger partial charge in [0.15, 0.2) is 0 Å². The van der Waals surface area contributed by atoms with Crippen molar-refractivity contribution in [3.63, 3.8) is 0 Å². The normalized spacial score (nSPS) is 17.2. The van der Waals surface area contributed by atoms with Crippen LogP contribution < -0.4 is 5.46 Å². The van der Waals surface area contributed by atoms with Crippen LogP contribution in [0.2, 0.25) is 0 Å². The molecule has 0 amide bonds. The number of aromatic nitrogens is 1. The standard InChI is InChI=1S/C36H45N.C34H47BO2.CO2/c1-7-13-29-14-19-34(37-26-29)33-18-17-32(25-28(33)5)36(8-2,9-3)31-16-15-30(27(4)24-31)20-23-35(6)21-11-10-12-22-35;1-10-34(11-2,28-16-15-27(25(3)23-28)19-22-33(9)20-13-12-14-21-33)29-17-18-30(26(4)24-29)35-36-31(5,6)32(7,8)37-35;2-1-3/h14-19,24-26H,7-13,21-22H2,1-6H3;15-18,23-24H,10-14,20-21H2,1-9H3;. The molecule has 77 heavy (non-hydrogen) atoms. The molecule has 4 aromatic carbocycles. The molecule has 8 rings (SSSR count). The van der Waals surface area contributed by atoms with Gasteiger partial charge in [-0.3, -0.25) is 4.98 Å². The van der Waals surface area contributed by atoms with Crippen molar-refractivity contribution in [2.24, 2.45) is 10.8 Å². The van der Waals surface area contributed by atoms with E-state index in [2.05, 4.69) is 212 Å². The van der Waals surface area contributed by atoms with Gasteiger partial charge in [-0.25, -0.2) is 0 Å². The van der Waals surface area contributed by atoms with Crippen LogP contribution in [0.1, 0.15) is 234 Å². The molecule has 2 heterocycles. The van der Waals surface area contributed by atoms with Crippen LogP contribution in [-0.2, 0) is 36.1 Å². The Balaban J connectivity index is 0.000000237. The summed E-state index contributed by atoms with van der Waals surface area (Å²) in [6.07, 6.45) is 21.6. The lowest BCUT2D eigenvalue weighted by molar-refractivity contribution is -0.191. The molecular weight excluding hydrogens is 942 g/mol. The maximum Gasteiger partial charge on any atom is 0.495 e. The highest BCUT2D eigenvalue weighted by molar-refractivity contribution is 6.62. The Kier molecular flexibility index (Phi) is 20.5. The van der Waals surface area contributed by atoms with E-state index in [1.165, 1.54) is 131 Å². The van der Waals surface area contributed by atoms with Gasteiger partial charge in [0, 0.05) is 44.5 Å². The topological polar surface area (TPSA) is 65.5 Å². The molecule has 1 aromatic heterocycles. The highest BCUT2D eigenvalue weighted by Crippen LogP contribution is 2.44. The van der Waals surface area contributed by atoms with Gasteiger partial charge in [-0.05, 0) is 195 Å². The summed E-state index contributed by atoms with van der Waals surface area (Å²) in [5.41, 5.74) is 17.4. The van der Waals surface area contributed by atoms with E-state index in [-0.39, 0.29) is 46.1 Å². The van der Waals surface area contributed by atoms with Gasteiger partial charge in [-0.2, -0.15) is 9.59 Å². The van der Waals surface area contributed by atoms with Crippen molar-refractivity contribution in [2.75, 3.05) is 0 Å². The summed E-state index contributed by atoms with van der Waals surface area (Å²) in [7, 11) is -0.331. The van der Waals surface area contributed by atoms with E-state index in [1.54, 1.807) is 0 Å². The fourth-order valence-corrected chi connectivity index (χ4v) is 12.5. The minimum atomic E-state index is -0.337. The van der Waals surface area contributed by atoms with E-state index >= 15 is 0 Å². The van der Waals surface area contributed by atoms with Crippen molar-refractivity contribution >= 4 is 18.7 Å². The predicted octanol–water partition coefficient (Wildman–Crippen LogP) is 17.2. The van der Waals surface area contributed by atoms with Crippen LogP contribution in [0.5, 0.6) is 0 Å². The van der Waals surface area contributed by atoms with Gasteiger partial charge in [0.25, 0.3) is 0 Å². The molecule has 1 saturated heterocycles. The first kappa shape index (κ1) is 60.7. The molecular formula is C71H92BNO4. The monoisotopic (exact) mass is 1030 g/mol. The van der Waals surface area contributed by atoms with Gasteiger partial charge < -0.3 is 9.31 Å². The average molecular weight is 1030 g/mol. The minimum absolute atomic E-state index is 0.00618. The zero-order valence-electron chi connectivity index (χ0n) is 50.1. The summed E-state index contributed by atoms with van der Waals surface area (Å²) >= 11 is 0. The molecule has 0 atom stereocenters. The first-order chi connectivity index (χ1) is 36.6. The summed E-state index contributed by atoms with van der Waals surface area (Å²) in [5, 5.41) is 0. The second kappa shape index (κ2) is 26.0. The van der Waals surface area contributed by atoms with Crippen LogP contribution in [-0.4, -0.2) is 29.5 Å². The lowest BCUT2D eigenvalue weighted by Gasteiger charge is -2.34. The fourth-order valence-electron chi connectivity index (χ4n) is 12.5. The van der Waals surface area contributed by atoms with E-state index in [4.69, 9.17) is 23.9 Å². The summed E-state index contributed by atoms with van der Waals surface area (Å²) in [6.45, 7) is 33.5. The summed E-state index contributed by atoms with van der Waals surface area (Å²) in [4.78, 5) is 21.0. The lowest BCUT2D eigenvalue weighted by atomic mass is 9.68. The van der Waals surface area contributed by atoms with E-state index in [0.717, 1.165) is 49.7 Å². The van der Waals surface area contributed by atoms with Gasteiger partial charge in [-0.15, -0.1) is 0 Å². The number of rotatable bonds is 12. The summed E-state index contributed by atoms with van der Waals surface area (Å²) in [5.74, 6) is 14.4. The van der Waals surface area contributed by atoms with E-state index in [0.29, 0.717) is 0 Å². The molecule has 1 aliphatic heterocycles. The second-order valence-electron chi connectivity index (χ2n) is 24.5. The molecule has 408 valence electrons. The lowest BCUT2D eigenvalue weighted by Crippen LogP contribution is -2.41. The Morgan fingerprint density at radius 3 is 1.29 bits per heavy atom. The number of aryl methyl sites for hydroxylation is 5. The van der Waals surface area contributed by atoms with Crippen molar-refractivity contribution < 1.29 is 18.9 Å². The van der Waals surface area contributed by atoms with Crippen LogP contribution in [0.15, 0.2) is 91.1 Å². The third-order valence-electron chi connectivity index (χ3n) is 18.6. The Hall–Kier alpha value is -5.49. The molecule has 0 spiro atoms. The minimum Gasteiger partial charge on any atom is -0.399 e. The second-order valence-corrected chi connectivity index (χ2v) is 24.5. The highest BCUT2D eigenvalue weighted by atomic mass is 16.7. The Labute approximate surface area is 467 Å². The average Bonchev–Trinajstić information content (AvgIpc) is 3.63. The smallest absolute Gasteiger partial charge is 0.399 e. The maximum absolute atomic E-state index is 8.12. The van der Waals surface area contributed by atoms with Gasteiger partial charge in [0.05, 0.1) is 16.9 Å². The Morgan fingerprint density at radius 2 is 0.922 bits per heavy atom. The largest absolute Gasteiger partial charge is 0.495 e. The third kappa shape index (κ3) is 13.9. The number of hydrogen-bond acceptors (Lipinski definition) is 5. The summed E-state index contributed by atoms with van der Waals surface area (Å²) in [6, 6.07) is 32.3. The van der Waals surface area contributed by atoms with Crippen molar-refractivity contribution in [3.05, 3.63) is 152 Å². The van der Waals surface area contributed by atoms with Crippen LogP contribution in [0.3, 0.4) is 0 Å². The van der Waals surface area contributed by atoms with Gasteiger partial charge in [0.2, 0.25) is 0 Å². The first-order valence-corrected chi connectivity index (χ1v) is 29.4. The fraction of sp³-hybridized carbons (Fsp3) is 0.521. The third-order valence-corrected chi connectivity index (χ3v) is 18.6. The van der Waals surface area contributed by atoms with E-state index in [9.17, 15) is 0 Å². The zero-order chi connectivity index (χ0) is 56.2. The van der Waals surface area contributed by atoms with Crippen molar-refractivity contribution in [3.8, 4) is 34.9 Å².